The number of carbonyl (C=O) groups excluding carboxylic acids is 1. The molecule has 0 bridgehead atoms. The first-order valence-corrected chi connectivity index (χ1v) is 6.39. The van der Waals surface area contributed by atoms with Gasteiger partial charge in [0.1, 0.15) is 6.04 Å². The maximum Gasteiger partial charge on any atom is 0.326 e. The standard InChI is InChI=1S/C14H18N2O5/c1-8(9-2-4-10(15)5-3-9)6-12(17)16-11(14(20)21)7-13(18)19/h2-5,8,11H,6-7,15H2,1H3,(H,16,17)(H,18,19)(H,20,21). The minimum absolute atomic E-state index is 0.0628. The number of carbonyl (C=O) groups is 3. The minimum Gasteiger partial charge on any atom is -0.481 e. The van der Waals surface area contributed by atoms with E-state index in [-0.39, 0.29) is 12.3 Å². The van der Waals surface area contributed by atoms with E-state index in [1.54, 1.807) is 24.3 Å². The molecule has 7 nitrogen and oxygen atoms in total. The number of benzene rings is 1. The predicted octanol–water partition coefficient (Wildman–Crippen LogP) is 0.807. The van der Waals surface area contributed by atoms with Crippen LogP contribution in [0.3, 0.4) is 0 Å². The largest absolute Gasteiger partial charge is 0.481 e. The third-order valence-electron chi connectivity index (χ3n) is 3.01. The molecule has 114 valence electrons. The van der Waals surface area contributed by atoms with Crippen molar-refractivity contribution in [1.82, 2.24) is 5.32 Å². The lowest BCUT2D eigenvalue weighted by molar-refractivity contribution is -0.147. The summed E-state index contributed by atoms with van der Waals surface area (Å²) in [5, 5.41) is 19.7. The Labute approximate surface area is 121 Å². The summed E-state index contributed by atoms with van der Waals surface area (Å²) in [6, 6.07) is 5.59. The van der Waals surface area contributed by atoms with Crippen LogP contribution in [0.25, 0.3) is 0 Å². The van der Waals surface area contributed by atoms with Crippen molar-refractivity contribution in [3.8, 4) is 0 Å². The van der Waals surface area contributed by atoms with Gasteiger partial charge in [-0.3, -0.25) is 9.59 Å². The monoisotopic (exact) mass is 294 g/mol. The van der Waals surface area contributed by atoms with Crippen LogP contribution in [-0.4, -0.2) is 34.1 Å². The van der Waals surface area contributed by atoms with Crippen molar-refractivity contribution in [2.45, 2.75) is 31.7 Å². The van der Waals surface area contributed by atoms with Crippen LogP contribution < -0.4 is 11.1 Å². The van der Waals surface area contributed by atoms with E-state index in [2.05, 4.69) is 5.32 Å². The number of rotatable bonds is 7. The van der Waals surface area contributed by atoms with Crippen LogP contribution in [0.1, 0.15) is 31.2 Å². The number of aliphatic carboxylic acids is 2. The number of hydrogen-bond donors (Lipinski definition) is 4. The van der Waals surface area contributed by atoms with E-state index in [0.717, 1.165) is 5.56 Å². The third-order valence-corrected chi connectivity index (χ3v) is 3.01. The number of nitrogen functional groups attached to an aromatic ring is 1. The number of carboxylic acids is 2. The smallest absolute Gasteiger partial charge is 0.326 e. The highest BCUT2D eigenvalue weighted by molar-refractivity contribution is 5.87. The van der Waals surface area contributed by atoms with Crippen molar-refractivity contribution in [1.29, 1.82) is 0 Å². The highest BCUT2D eigenvalue weighted by Crippen LogP contribution is 2.20. The lowest BCUT2D eigenvalue weighted by Gasteiger charge is -2.15. The highest BCUT2D eigenvalue weighted by Gasteiger charge is 2.23. The van der Waals surface area contributed by atoms with Gasteiger partial charge < -0.3 is 21.3 Å². The minimum atomic E-state index is -1.42. The van der Waals surface area contributed by atoms with Crippen LogP contribution in [0.5, 0.6) is 0 Å². The van der Waals surface area contributed by atoms with Crippen molar-refractivity contribution in [3.63, 3.8) is 0 Å². The summed E-state index contributed by atoms with van der Waals surface area (Å²) < 4.78 is 0. The van der Waals surface area contributed by atoms with Crippen molar-refractivity contribution >= 4 is 23.5 Å². The van der Waals surface area contributed by atoms with Gasteiger partial charge in [-0.05, 0) is 23.6 Å². The zero-order chi connectivity index (χ0) is 16.0. The molecule has 1 amide bonds. The first-order valence-electron chi connectivity index (χ1n) is 6.39. The van der Waals surface area contributed by atoms with Gasteiger partial charge in [0.2, 0.25) is 5.91 Å². The summed E-state index contributed by atoms with van der Waals surface area (Å²) in [6.45, 7) is 1.82. The summed E-state index contributed by atoms with van der Waals surface area (Å²) in [5.74, 6) is -3.29. The molecule has 0 spiro atoms. The molecular formula is C14H18N2O5. The van der Waals surface area contributed by atoms with Crippen LogP contribution in [0.4, 0.5) is 5.69 Å². The van der Waals surface area contributed by atoms with E-state index in [1.807, 2.05) is 6.92 Å². The van der Waals surface area contributed by atoms with Crippen LogP contribution in [-0.2, 0) is 14.4 Å². The lowest BCUT2D eigenvalue weighted by atomic mass is 9.97. The van der Waals surface area contributed by atoms with E-state index >= 15 is 0 Å². The average molecular weight is 294 g/mol. The molecule has 2 atom stereocenters. The maximum absolute atomic E-state index is 11.8. The van der Waals surface area contributed by atoms with E-state index in [1.165, 1.54) is 0 Å². The molecule has 1 aromatic carbocycles. The summed E-state index contributed by atoms with van der Waals surface area (Å²) in [5.41, 5.74) is 7.08. The molecule has 0 aliphatic heterocycles. The first kappa shape index (κ1) is 16.5. The van der Waals surface area contributed by atoms with Crippen molar-refractivity contribution in [2.24, 2.45) is 0 Å². The zero-order valence-corrected chi connectivity index (χ0v) is 11.6. The number of amides is 1. The normalized spacial score (nSPS) is 13.2. The SMILES string of the molecule is CC(CC(=O)NC(CC(=O)O)C(=O)O)c1ccc(N)cc1. The van der Waals surface area contributed by atoms with Crippen LogP contribution in [0, 0.1) is 0 Å². The van der Waals surface area contributed by atoms with Gasteiger partial charge in [0.25, 0.3) is 0 Å². The molecule has 7 heteroatoms. The molecule has 0 aromatic heterocycles. The van der Waals surface area contributed by atoms with Gasteiger partial charge in [0.15, 0.2) is 0 Å². The van der Waals surface area contributed by atoms with Gasteiger partial charge in [-0.15, -0.1) is 0 Å². The fourth-order valence-corrected chi connectivity index (χ4v) is 1.85. The van der Waals surface area contributed by atoms with E-state index in [0.29, 0.717) is 5.69 Å². The van der Waals surface area contributed by atoms with Crippen molar-refractivity contribution < 1.29 is 24.6 Å². The molecule has 5 N–H and O–H groups in total. The molecule has 1 rings (SSSR count). The first-order chi connectivity index (χ1) is 9.79. The van der Waals surface area contributed by atoms with Gasteiger partial charge >= 0.3 is 11.9 Å². The number of nitrogens with one attached hydrogen (secondary N) is 1. The second kappa shape index (κ2) is 7.28. The molecule has 0 radical (unpaired) electrons. The molecule has 0 aliphatic rings. The fraction of sp³-hybridized carbons (Fsp3) is 0.357. The molecule has 0 aliphatic carbocycles. The third kappa shape index (κ3) is 5.52. The van der Waals surface area contributed by atoms with Crippen molar-refractivity contribution in [2.75, 3.05) is 5.73 Å². The van der Waals surface area contributed by atoms with Crippen LogP contribution in [0.15, 0.2) is 24.3 Å². The Hall–Kier alpha value is -2.57. The number of carboxylic acid groups (broad SMARTS) is 2. The van der Waals surface area contributed by atoms with E-state index in [9.17, 15) is 14.4 Å². The molecule has 0 fully saturated rings. The second-order valence-electron chi connectivity index (χ2n) is 4.83. The van der Waals surface area contributed by atoms with Crippen LogP contribution >= 0.6 is 0 Å². The summed E-state index contributed by atoms with van der Waals surface area (Å²) in [4.78, 5) is 33.2. The Morgan fingerprint density at radius 1 is 1.14 bits per heavy atom. The van der Waals surface area contributed by atoms with Gasteiger partial charge in [-0.2, -0.15) is 0 Å². The summed E-state index contributed by atoms with van der Waals surface area (Å²) in [6.07, 6.45) is -0.593. The Morgan fingerprint density at radius 2 is 1.71 bits per heavy atom. The number of hydrogen-bond acceptors (Lipinski definition) is 4. The maximum atomic E-state index is 11.8. The average Bonchev–Trinajstić information content (AvgIpc) is 2.37. The fourth-order valence-electron chi connectivity index (χ4n) is 1.85. The molecular weight excluding hydrogens is 276 g/mol. The molecule has 0 heterocycles. The predicted molar refractivity (Wildman–Crippen MR) is 75.7 cm³/mol. The Kier molecular flexibility index (Phi) is 5.71. The van der Waals surface area contributed by atoms with Gasteiger partial charge in [-0.1, -0.05) is 19.1 Å². The summed E-state index contributed by atoms with van der Waals surface area (Å²) >= 11 is 0. The Bertz CT molecular complexity index is 527. The number of anilines is 1. The van der Waals surface area contributed by atoms with Crippen molar-refractivity contribution in [3.05, 3.63) is 29.8 Å². The molecule has 21 heavy (non-hydrogen) atoms. The quantitative estimate of drug-likeness (QED) is 0.550. The zero-order valence-electron chi connectivity index (χ0n) is 11.6. The molecule has 0 saturated heterocycles. The van der Waals surface area contributed by atoms with Crippen LogP contribution in [0.2, 0.25) is 0 Å². The second-order valence-corrected chi connectivity index (χ2v) is 4.83. The van der Waals surface area contributed by atoms with Gasteiger partial charge in [-0.25, -0.2) is 4.79 Å². The Morgan fingerprint density at radius 3 is 2.19 bits per heavy atom. The van der Waals surface area contributed by atoms with Gasteiger partial charge in [0, 0.05) is 12.1 Å². The lowest BCUT2D eigenvalue weighted by Crippen LogP contribution is -2.42. The van der Waals surface area contributed by atoms with E-state index in [4.69, 9.17) is 15.9 Å². The highest BCUT2D eigenvalue weighted by atomic mass is 16.4. The molecule has 0 saturated carbocycles. The Balaban J connectivity index is 2.61. The molecule has 1 aromatic rings. The van der Waals surface area contributed by atoms with E-state index < -0.39 is 30.3 Å². The number of nitrogens with two attached hydrogens (primary N) is 1. The summed E-state index contributed by atoms with van der Waals surface area (Å²) in [7, 11) is 0. The van der Waals surface area contributed by atoms with Gasteiger partial charge in [0.05, 0.1) is 6.42 Å². The topological polar surface area (TPSA) is 130 Å². The molecule has 2 unspecified atom stereocenters.